The van der Waals surface area contributed by atoms with Crippen molar-refractivity contribution in [3.8, 4) is 0 Å². The highest BCUT2D eigenvalue weighted by Gasteiger charge is 2.21. The summed E-state index contributed by atoms with van der Waals surface area (Å²) in [5.41, 5.74) is 0.985. The molecule has 0 amide bonds. The molecule has 0 aliphatic carbocycles. The van der Waals surface area contributed by atoms with Crippen LogP contribution in [0.3, 0.4) is 0 Å². The molecule has 1 aliphatic heterocycles. The number of aliphatic imine (C=N–C) groups is 1. The molecule has 1 unspecified atom stereocenters. The quantitative estimate of drug-likeness (QED) is 0.591. The second-order valence-corrected chi connectivity index (χ2v) is 7.85. The van der Waals surface area contributed by atoms with Crippen molar-refractivity contribution < 1.29 is 0 Å². The van der Waals surface area contributed by atoms with E-state index in [2.05, 4.69) is 41.3 Å². The normalized spacial score (nSPS) is 18.4. The minimum Gasteiger partial charge on any atom is -0.356 e. The van der Waals surface area contributed by atoms with Gasteiger partial charge in [-0.25, -0.2) is 0 Å². The minimum atomic E-state index is 0.197. The molecule has 0 aromatic heterocycles. The van der Waals surface area contributed by atoms with Gasteiger partial charge in [-0.15, -0.1) is 0 Å². The maximum absolute atomic E-state index is 6.31. The molecule has 0 spiro atoms. The van der Waals surface area contributed by atoms with Gasteiger partial charge in [-0.3, -0.25) is 4.99 Å². The van der Waals surface area contributed by atoms with Crippen LogP contribution >= 0.6 is 23.2 Å². The van der Waals surface area contributed by atoms with Crippen molar-refractivity contribution >= 4 is 29.2 Å². The Bertz CT molecular complexity index is 561. The van der Waals surface area contributed by atoms with Crippen LogP contribution in [0.25, 0.3) is 0 Å². The first kappa shape index (κ1) is 20.3. The first-order valence-corrected chi connectivity index (χ1v) is 9.83. The Labute approximate surface area is 162 Å². The zero-order chi connectivity index (χ0) is 18.4. The SMILES string of the molecule is CN=C(NCC(C)c1c(Cl)cccc1Cl)NC1CCN(C(C)C)CC1. The lowest BCUT2D eigenvalue weighted by atomic mass is 10.0. The van der Waals surface area contributed by atoms with Gasteiger partial charge in [0.15, 0.2) is 5.96 Å². The number of nitrogens with zero attached hydrogens (tertiary/aromatic N) is 2. The van der Waals surface area contributed by atoms with E-state index in [-0.39, 0.29) is 5.92 Å². The van der Waals surface area contributed by atoms with Crippen molar-refractivity contribution in [3.63, 3.8) is 0 Å². The summed E-state index contributed by atoms with van der Waals surface area (Å²) >= 11 is 12.6. The van der Waals surface area contributed by atoms with Gasteiger partial charge in [-0.2, -0.15) is 0 Å². The summed E-state index contributed by atoms with van der Waals surface area (Å²) in [6.45, 7) is 9.64. The summed E-state index contributed by atoms with van der Waals surface area (Å²) in [7, 11) is 1.81. The largest absolute Gasteiger partial charge is 0.356 e. The van der Waals surface area contributed by atoms with E-state index in [9.17, 15) is 0 Å². The molecule has 1 aromatic carbocycles. The van der Waals surface area contributed by atoms with Crippen molar-refractivity contribution in [1.29, 1.82) is 0 Å². The maximum Gasteiger partial charge on any atom is 0.191 e. The topological polar surface area (TPSA) is 39.7 Å². The Kier molecular flexibility index (Phi) is 7.85. The fourth-order valence-electron chi connectivity index (χ4n) is 3.28. The predicted octanol–water partition coefficient (Wildman–Crippen LogP) is 4.13. The standard InChI is InChI=1S/C19H30Cl2N4/c1-13(2)25-10-8-15(9-11-25)24-19(22-4)23-12-14(3)18-16(20)6-5-7-17(18)21/h5-7,13-15H,8-12H2,1-4H3,(H2,22,23,24). The van der Waals surface area contributed by atoms with Gasteiger partial charge in [0.1, 0.15) is 0 Å². The van der Waals surface area contributed by atoms with Crippen molar-refractivity contribution in [2.45, 2.75) is 51.6 Å². The highest BCUT2D eigenvalue weighted by Crippen LogP contribution is 2.30. The molecular weight excluding hydrogens is 355 g/mol. The number of halogens is 2. The van der Waals surface area contributed by atoms with Crippen LogP contribution in [0.15, 0.2) is 23.2 Å². The molecule has 6 heteroatoms. The lowest BCUT2D eigenvalue weighted by molar-refractivity contribution is 0.167. The van der Waals surface area contributed by atoms with Crippen LogP contribution in [0.5, 0.6) is 0 Å². The number of rotatable bonds is 5. The third-order valence-electron chi connectivity index (χ3n) is 4.89. The molecule has 1 saturated heterocycles. The molecule has 2 rings (SSSR count). The third-order valence-corrected chi connectivity index (χ3v) is 5.55. The molecular formula is C19H30Cl2N4. The molecule has 2 N–H and O–H groups in total. The van der Waals surface area contributed by atoms with Gasteiger partial charge in [0.25, 0.3) is 0 Å². The lowest BCUT2D eigenvalue weighted by Crippen LogP contribution is -2.50. The molecule has 25 heavy (non-hydrogen) atoms. The molecule has 0 bridgehead atoms. The summed E-state index contributed by atoms with van der Waals surface area (Å²) in [4.78, 5) is 6.89. The number of likely N-dealkylation sites (tertiary alicyclic amines) is 1. The van der Waals surface area contributed by atoms with E-state index in [1.165, 1.54) is 0 Å². The second kappa shape index (κ2) is 9.65. The van der Waals surface area contributed by atoms with Crippen LogP contribution in [0.2, 0.25) is 10.0 Å². The minimum absolute atomic E-state index is 0.197. The molecule has 1 aromatic rings. The fourth-order valence-corrected chi connectivity index (χ4v) is 4.05. The van der Waals surface area contributed by atoms with Gasteiger partial charge < -0.3 is 15.5 Å². The Hall–Kier alpha value is -0.970. The van der Waals surface area contributed by atoms with E-state index >= 15 is 0 Å². The smallest absolute Gasteiger partial charge is 0.191 e. The summed E-state index contributed by atoms with van der Waals surface area (Å²) < 4.78 is 0. The fraction of sp³-hybridized carbons (Fsp3) is 0.632. The average molecular weight is 385 g/mol. The molecule has 1 heterocycles. The van der Waals surface area contributed by atoms with Gasteiger partial charge >= 0.3 is 0 Å². The summed E-state index contributed by atoms with van der Waals surface area (Å²) in [6.07, 6.45) is 2.29. The second-order valence-electron chi connectivity index (χ2n) is 7.04. The Morgan fingerprint density at radius 2 is 1.80 bits per heavy atom. The molecule has 1 atom stereocenters. The van der Waals surface area contributed by atoms with E-state index in [0.29, 0.717) is 22.1 Å². The average Bonchev–Trinajstić information content (AvgIpc) is 2.58. The van der Waals surface area contributed by atoms with Crippen LogP contribution in [-0.4, -0.2) is 49.6 Å². The highest BCUT2D eigenvalue weighted by molar-refractivity contribution is 6.36. The van der Waals surface area contributed by atoms with E-state index in [1.807, 2.05) is 25.2 Å². The van der Waals surface area contributed by atoms with E-state index < -0.39 is 0 Å². The van der Waals surface area contributed by atoms with Crippen LogP contribution in [0.4, 0.5) is 0 Å². The third kappa shape index (κ3) is 5.77. The number of guanidine groups is 1. The number of nitrogens with one attached hydrogen (secondary N) is 2. The number of hydrogen-bond acceptors (Lipinski definition) is 2. The van der Waals surface area contributed by atoms with Crippen LogP contribution < -0.4 is 10.6 Å². The first-order chi connectivity index (χ1) is 11.9. The molecule has 4 nitrogen and oxygen atoms in total. The number of benzene rings is 1. The lowest BCUT2D eigenvalue weighted by Gasteiger charge is -2.35. The van der Waals surface area contributed by atoms with Crippen LogP contribution in [0.1, 0.15) is 45.1 Å². The number of piperidine rings is 1. The highest BCUT2D eigenvalue weighted by atomic mass is 35.5. The van der Waals surface area contributed by atoms with Crippen LogP contribution in [0, 0.1) is 0 Å². The molecule has 1 fully saturated rings. The summed E-state index contributed by atoms with van der Waals surface area (Å²) in [6, 6.07) is 6.74. The molecule has 1 aliphatic rings. The van der Waals surface area contributed by atoms with E-state index in [0.717, 1.165) is 44.0 Å². The van der Waals surface area contributed by atoms with Crippen molar-refractivity contribution in [2.75, 3.05) is 26.7 Å². The zero-order valence-electron chi connectivity index (χ0n) is 15.6. The Morgan fingerprint density at radius 3 is 2.32 bits per heavy atom. The Balaban J connectivity index is 1.85. The van der Waals surface area contributed by atoms with Crippen molar-refractivity contribution in [2.24, 2.45) is 4.99 Å². The van der Waals surface area contributed by atoms with Crippen molar-refractivity contribution in [1.82, 2.24) is 15.5 Å². The van der Waals surface area contributed by atoms with Gasteiger partial charge in [-0.05, 0) is 44.4 Å². The first-order valence-electron chi connectivity index (χ1n) is 9.07. The monoisotopic (exact) mass is 384 g/mol. The summed E-state index contributed by atoms with van der Waals surface area (Å²) in [5.74, 6) is 1.04. The zero-order valence-corrected chi connectivity index (χ0v) is 17.2. The van der Waals surface area contributed by atoms with E-state index in [1.54, 1.807) is 0 Å². The van der Waals surface area contributed by atoms with Gasteiger partial charge in [-0.1, -0.05) is 36.2 Å². The molecule has 0 saturated carbocycles. The van der Waals surface area contributed by atoms with Gasteiger partial charge in [0.2, 0.25) is 0 Å². The van der Waals surface area contributed by atoms with Gasteiger partial charge in [0, 0.05) is 54.7 Å². The van der Waals surface area contributed by atoms with Crippen molar-refractivity contribution in [3.05, 3.63) is 33.8 Å². The Morgan fingerprint density at radius 1 is 1.20 bits per heavy atom. The maximum atomic E-state index is 6.31. The molecule has 0 radical (unpaired) electrons. The number of hydrogen-bond donors (Lipinski definition) is 2. The molecule has 140 valence electrons. The predicted molar refractivity (Wildman–Crippen MR) is 109 cm³/mol. The van der Waals surface area contributed by atoms with Crippen LogP contribution in [-0.2, 0) is 0 Å². The van der Waals surface area contributed by atoms with E-state index in [4.69, 9.17) is 23.2 Å². The summed E-state index contributed by atoms with van der Waals surface area (Å²) in [5, 5.41) is 8.39. The van der Waals surface area contributed by atoms with Gasteiger partial charge in [0.05, 0.1) is 0 Å².